The Labute approximate surface area is 92.2 Å². The Hall–Kier alpha value is -1.39. The molecule has 3 nitrogen and oxygen atoms in total. The summed E-state index contributed by atoms with van der Waals surface area (Å²) in [5, 5.41) is 2.77. The van der Waals surface area contributed by atoms with E-state index in [4.69, 9.17) is 0 Å². The molecule has 1 aliphatic rings. The van der Waals surface area contributed by atoms with Crippen molar-refractivity contribution in [2.24, 2.45) is 0 Å². The minimum atomic E-state index is -2.55. The molecule has 1 amide bonds. The second-order valence-corrected chi connectivity index (χ2v) is 4.20. The average molecular weight is 228 g/mol. The molecule has 0 bridgehead atoms. The Morgan fingerprint density at radius 1 is 1.44 bits per heavy atom. The molecule has 0 aromatic carbocycles. The standard InChI is InChI=1S/C11H14F2N2O/c12-11(13)4-1-9(2-5-11)15-10(16)8-3-6-14-7-8/h3,6-7,9,14H,1-2,4-5H2,(H,15,16). The van der Waals surface area contributed by atoms with Gasteiger partial charge < -0.3 is 10.3 Å². The summed E-state index contributed by atoms with van der Waals surface area (Å²) in [6, 6.07) is 1.54. The molecule has 0 saturated heterocycles. The van der Waals surface area contributed by atoms with Gasteiger partial charge >= 0.3 is 0 Å². The number of halogens is 2. The van der Waals surface area contributed by atoms with Gasteiger partial charge in [0.25, 0.3) is 5.91 Å². The maximum absolute atomic E-state index is 12.9. The second kappa shape index (κ2) is 4.23. The normalized spacial score (nSPS) is 20.6. The minimum absolute atomic E-state index is 0.123. The monoisotopic (exact) mass is 228 g/mol. The summed E-state index contributed by atoms with van der Waals surface area (Å²) >= 11 is 0. The first-order valence-electron chi connectivity index (χ1n) is 5.38. The van der Waals surface area contributed by atoms with Crippen LogP contribution in [0.4, 0.5) is 8.78 Å². The van der Waals surface area contributed by atoms with Crippen LogP contribution in [0.2, 0.25) is 0 Å². The zero-order chi connectivity index (χ0) is 11.6. The Morgan fingerprint density at radius 3 is 2.69 bits per heavy atom. The average Bonchev–Trinajstić information content (AvgIpc) is 2.74. The Bertz CT molecular complexity index is 352. The van der Waals surface area contributed by atoms with Gasteiger partial charge in [-0.05, 0) is 18.9 Å². The summed E-state index contributed by atoms with van der Waals surface area (Å²) < 4.78 is 25.7. The van der Waals surface area contributed by atoms with Gasteiger partial charge in [-0.3, -0.25) is 4.79 Å². The first-order chi connectivity index (χ1) is 7.57. The van der Waals surface area contributed by atoms with Gasteiger partial charge in [0.2, 0.25) is 5.92 Å². The van der Waals surface area contributed by atoms with E-state index in [0.717, 1.165) is 0 Å². The van der Waals surface area contributed by atoms with Gasteiger partial charge in [-0.2, -0.15) is 0 Å². The number of hydrogen-bond donors (Lipinski definition) is 2. The molecule has 1 heterocycles. The van der Waals surface area contributed by atoms with Crippen molar-refractivity contribution in [3.63, 3.8) is 0 Å². The third kappa shape index (κ3) is 2.59. The summed E-state index contributed by atoms with van der Waals surface area (Å²) in [5.74, 6) is -2.74. The number of carbonyl (C=O) groups is 1. The van der Waals surface area contributed by atoms with Gasteiger partial charge in [0, 0.05) is 31.3 Å². The molecule has 1 aliphatic carbocycles. The van der Waals surface area contributed by atoms with Crippen LogP contribution < -0.4 is 5.32 Å². The Balaban J connectivity index is 1.85. The lowest BCUT2D eigenvalue weighted by Gasteiger charge is -2.28. The number of carbonyl (C=O) groups excluding carboxylic acids is 1. The van der Waals surface area contributed by atoms with E-state index in [1.165, 1.54) is 0 Å². The van der Waals surface area contributed by atoms with Gasteiger partial charge in [-0.25, -0.2) is 8.78 Å². The number of amides is 1. The van der Waals surface area contributed by atoms with Crippen molar-refractivity contribution in [2.45, 2.75) is 37.6 Å². The van der Waals surface area contributed by atoms with Crippen LogP contribution in [0.1, 0.15) is 36.0 Å². The van der Waals surface area contributed by atoms with Gasteiger partial charge in [0.05, 0.1) is 5.56 Å². The predicted molar refractivity (Wildman–Crippen MR) is 55.5 cm³/mol. The molecule has 1 aromatic rings. The molecular formula is C11H14F2N2O. The molecule has 1 aromatic heterocycles. The van der Waals surface area contributed by atoms with E-state index >= 15 is 0 Å². The molecule has 0 spiro atoms. The molecule has 16 heavy (non-hydrogen) atoms. The maximum atomic E-state index is 12.9. The van der Waals surface area contributed by atoms with Crippen molar-refractivity contribution in [1.29, 1.82) is 0 Å². The highest BCUT2D eigenvalue weighted by molar-refractivity contribution is 5.94. The van der Waals surface area contributed by atoms with E-state index in [0.29, 0.717) is 18.4 Å². The molecule has 1 fully saturated rings. The topological polar surface area (TPSA) is 44.9 Å². The highest BCUT2D eigenvalue weighted by Gasteiger charge is 2.35. The Kier molecular flexibility index (Phi) is 2.94. The van der Waals surface area contributed by atoms with Crippen molar-refractivity contribution in [2.75, 3.05) is 0 Å². The molecule has 0 radical (unpaired) electrons. The summed E-state index contributed by atoms with van der Waals surface area (Å²) in [7, 11) is 0. The number of hydrogen-bond acceptors (Lipinski definition) is 1. The van der Waals surface area contributed by atoms with Crippen LogP contribution in [0.5, 0.6) is 0 Å². The van der Waals surface area contributed by atoms with E-state index in [1.807, 2.05) is 0 Å². The van der Waals surface area contributed by atoms with E-state index in [1.54, 1.807) is 18.5 Å². The van der Waals surface area contributed by atoms with Gasteiger partial charge in [-0.1, -0.05) is 0 Å². The molecule has 0 atom stereocenters. The van der Waals surface area contributed by atoms with Crippen molar-refractivity contribution in [1.82, 2.24) is 10.3 Å². The predicted octanol–water partition coefficient (Wildman–Crippen LogP) is 2.32. The molecule has 0 unspecified atom stereocenters. The number of H-pyrrole nitrogens is 1. The van der Waals surface area contributed by atoms with Crippen LogP contribution in [0, 0.1) is 0 Å². The zero-order valence-electron chi connectivity index (χ0n) is 8.80. The second-order valence-electron chi connectivity index (χ2n) is 4.20. The lowest BCUT2D eigenvalue weighted by Crippen LogP contribution is -2.40. The summed E-state index contributed by atoms with van der Waals surface area (Å²) in [6.07, 6.45) is 3.68. The van der Waals surface area contributed by atoms with Crippen LogP contribution in [0.3, 0.4) is 0 Å². The van der Waals surface area contributed by atoms with Crippen LogP contribution in [0.25, 0.3) is 0 Å². The number of rotatable bonds is 2. The number of aromatic amines is 1. The SMILES string of the molecule is O=C(NC1CCC(F)(F)CC1)c1cc[nH]c1. The maximum Gasteiger partial charge on any atom is 0.253 e. The molecule has 2 rings (SSSR count). The minimum Gasteiger partial charge on any atom is -0.367 e. The van der Waals surface area contributed by atoms with Crippen LogP contribution >= 0.6 is 0 Å². The van der Waals surface area contributed by atoms with Crippen LogP contribution in [-0.4, -0.2) is 22.9 Å². The quantitative estimate of drug-likeness (QED) is 0.801. The molecule has 1 saturated carbocycles. The molecule has 88 valence electrons. The highest BCUT2D eigenvalue weighted by atomic mass is 19.3. The third-order valence-corrected chi connectivity index (χ3v) is 2.91. The van der Waals surface area contributed by atoms with E-state index in [-0.39, 0.29) is 24.8 Å². The summed E-state index contributed by atoms with van der Waals surface area (Å²) in [5.41, 5.74) is 0.539. The number of alkyl halides is 2. The van der Waals surface area contributed by atoms with Gasteiger partial charge in [-0.15, -0.1) is 0 Å². The molecule has 5 heteroatoms. The molecular weight excluding hydrogens is 214 g/mol. The van der Waals surface area contributed by atoms with Crippen molar-refractivity contribution < 1.29 is 13.6 Å². The van der Waals surface area contributed by atoms with Crippen molar-refractivity contribution in [3.05, 3.63) is 24.0 Å². The zero-order valence-corrected chi connectivity index (χ0v) is 8.80. The first-order valence-corrected chi connectivity index (χ1v) is 5.38. The van der Waals surface area contributed by atoms with Crippen molar-refractivity contribution >= 4 is 5.91 Å². The fourth-order valence-corrected chi connectivity index (χ4v) is 1.92. The summed E-state index contributed by atoms with van der Waals surface area (Å²) in [6.45, 7) is 0. The molecule has 0 aliphatic heterocycles. The van der Waals surface area contributed by atoms with Crippen LogP contribution in [-0.2, 0) is 0 Å². The molecule has 2 N–H and O–H groups in total. The Morgan fingerprint density at radius 2 is 2.12 bits per heavy atom. The lowest BCUT2D eigenvalue weighted by molar-refractivity contribution is -0.0399. The van der Waals surface area contributed by atoms with Gasteiger partial charge in [0.1, 0.15) is 0 Å². The fraction of sp³-hybridized carbons (Fsp3) is 0.545. The smallest absolute Gasteiger partial charge is 0.253 e. The van der Waals surface area contributed by atoms with Crippen LogP contribution in [0.15, 0.2) is 18.5 Å². The van der Waals surface area contributed by atoms with E-state index in [2.05, 4.69) is 10.3 Å². The number of nitrogens with one attached hydrogen (secondary N) is 2. The largest absolute Gasteiger partial charge is 0.367 e. The van der Waals surface area contributed by atoms with E-state index < -0.39 is 5.92 Å². The van der Waals surface area contributed by atoms with Gasteiger partial charge in [0.15, 0.2) is 0 Å². The number of aromatic nitrogens is 1. The lowest BCUT2D eigenvalue weighted by atomic mass is 9.92. The van der Waals surface area contributed by atoms with Crippen molar-refractivity contribution in [3.8, 4) is 0 Å². The summed E-state index contributed by atoms with van der Waals surface area (Å²) in [4.78, 5) is 14.4. The first kappa shape index (κ1) is 11.1. The fourth-order valence-electron chi connectivity index (χ4n) is 1.92. The van der Waals surface area contributed by atoms with E-state index in [9.17, 15) is 13.6 Å². The third-order valence-electron chi connectivity index (χ3n) is 2.91. The highest BCUT2D eigenvalue weighted by Crippen LogP contribution is 2.33.